The molecule has 1 heterocycles. The normalized spacial score (nSPS) is 11.9. The first-order chi connectivity index (χ1) is 19.0. The van der Waals surface area contributed by atoms with Gasteiger partial charge in [0, 0.05) is 29.3 Å². The lowest BCUT2D eigenvalue weighted by molar-refractivity contribution is -0.143. The number of carboxylic acid groups (broad SMARTS) is 1. The number of Topliss-reactive ketones (excluding diaryl/α,β-unsaturated/α-hetero) is 1. The van der Waals surface area contributed by atoms with Gasteiger partial charge in [0.2, 0.25) is 15.9 Å². The van der Waals surface area contributed by atoms with Crippen molar-refractivity contribution in [3.8, 4) is 0 Å². The predicted octanol–water partition coefficient (Wildman–Crippen LogP) is 4.15. The van der Waals surface area contributed by atoms with Crippen molar-refractivity contribution < 1.29 is 32.3 Å². The van der Waals surface area contributed by atoms with E-state index in [1.807, 2.05) is 48.5 Å². The van der Waals surface area contributed by atoms with E-state index in [1.54, 1.807) is 26.0 Å². The number of nitrogens with one attached hydrogen (secondary N) is 2. The van der Waals surface area contributed by atoms with Crippen LogP contribution in [0.2, 0.25) is 0 Å². The highest BCUT2D eigenvalue weighted by molar-refractivity contribution is 7.89. The summed E-state index contributed by atoms with van der Waals surface area (Å²) in [6, 6.07) is 20.9. The zero-order chi connectivity index (χ0) is 28.9. The van der Waals surface area contributed by atoms with Crippen molar-refractivity contribution in [2.24, 2.45) is 5.41 Å². The maximum atomic E-state index is 13.5. The van der Waals surface area contributed by atoms with Crippen molar-refractivity contribution >= 4 is 49.7 Å². The lowest BCUT2D eigenvalue weighted by Crippen LogP contribution is -2.46. The standard InChI is InChI=1S/C29H31N3O7S/c1-29(2,14-15-30-28(35)36)27(34)32(18-20-8-4-3-5-9-20)19-21(33)17-31-40(37,38)22-12-13-26-24(16-22)23-10-6-7-11-25(23)39-26/h3-13,16,30-31H,14-15,17-19H2,1-2H3,(H,35,36). The van der Waals surface area contributed by atoms with Gasteiger partial charge in [-0.15, -0.1) is 0 Å². The van der Waals surface area contributed by atoms with Gasteiger partial charge in [-0.25, -0.2) is 17.9 Å². The molecule has 4 aromatic rings. The van der Waals surface area contributed by atoms with Crippen molar-refractivity contribution in [3.63, 3.8) is 0 Å². The Balaban J connectivity index is 1.47. The summed E-state index contributed by atoms with van der Waals surface area (Å²) < 4.78 is 34.2. The summed E-state index contributed by atoms with van der Waals surface area (Å²) in [6.07, 6.45) is -0.970. The van der Waals surface area contributed by atoms with E-state index in [4.69, 9.17) is 9.52 Å². The van der Waals surface area contributed by atoms with Crippen molar-refractivity contribution in [3.05, 3.63) is 78.4 Å². The molecular formula is C29H31N3O7S. The van der Waals surface area contributed by atoms with Crippen LogP contribution >= 0.6 is 0 Å². The summed E-state index contributed by atoms with van der Waals surface area (Å²) in [6.45, 7) is 2.73. The molecule has 1 aromatic heterocycles. The molecule has 4 rings (SSSR count). The quantitative estimate of drug-likeness (QED) is 0.234. The number of sulfonamides is 1. The molecule has 2 amide bonds. The summed E-state index contributed by atoms with van der Waals surface area (Å²) in [7, 11) is -4.04. The van der Waals surface area contributed by atoms with E-state index < -0.39 is 33.9 Å². The van der Waals surface area contributed by atoms with Gasteiger partial charge >= 0.3 is 6.09 Å². The number of fused-ring (bicyclic) bond motifs is 3. The molecule has 3 N–H and O–H groups in total. The van der Waals surface area contributed by atoms with E-state index in [2.05, 4.69) is 10.0 Å². The number of rotatable bonds is 12. The molecule has 0 saturated carbocycles. The van der Waals surface area contributed by atoms with Crippen LogP contribution in [-0.2, 0) is 26.2 Å². The molecule has 210 valence electrons. The highest BCUT2D eigenvalue weighted by atomic mass is 32.2. The Kier molecular flexibility index (Phi) is 8.55. The molecular weight excluding hydrogens is 534 g/mol. The zero-order valence-corrected chi connectivity index (χ0v) is 23.0. The molecule has 40 heavy (non-hydrogen) atoms. The minimum atomic E-state index is -4.04. The first kappa shape index (κ1) is 28.8. The van der Waals surface area contributed by atoms with E-state index in [0.717, 1.165) is 10.9 Å². The third kappa shape index (κ3) is 6.85. The Labute approximate surface area is 232 Å². The Morgan fingerprint density at radius 2 is 1.60 bits per heavy atom. The second kappa shape index (κ2) is 11.9. The van der Waals surface area contributed by atoms with Gasteiger partial charge in [-0.2, -0.15) is 0 Å². The van der Waals surface area contributed by atoms with Gasteiger partial charge in [-0.1, -0.05) is 62.4 Å². The number of benzene rings is 3. The van der Waals surface area contributed by atoms with Crippen LogP contribution < -0.4 is 10.0 Å². The van der Waals surface area contributed by atoms with E-state index in [9.17, 15) is 22.8 Å². The molecule has 0 aliphatic rings. The highest BCUT2D eigenvalue weighted by Gasteiger charge is 2.33. The molecule has 0 saturated heterocycles. The van der Waals surface area contributed by atoms with Crippen LogP contribution in [0.5, 0.6) is 0 Å². The fourth-order valence-corrected chi connectivity index (χ4v) is 5.46. The van der Waals surface area contributed by atoms with Crippen LogP contribution in [0, 0.1) is 5.41 Å². The molecule has 0 aliphatic heterocycles. The van der Waals surface area contributed by atoms with Gasteiger partial charge in [0.1, 0.15) is 11.2 Å². The molecule has 11 heteroatoms. The predicted molar refractivity (Wildman–Crippen MR) is 150 cm³/mol. The first-order valence-corrected chi connectivity index (χ1v) is 14.2. The Hall–Kier alpha value is -4.22. The van der Waals surface area contributed by atoms with E-state index in [0.29, 0.717) is 16.6 Å². The Morgan fingerprint density at radius 1 is 0.925 bits per heavy atom. The van der Waals surface area contributed by atoms with Crippen LogP contribution in [0.1, 0.15) is 25.8 Å². The molecule has 0 aliphatic carbocycles. The van der Waals surface area contributed by atoms with E-state index in [-0.39, 0.29) is 36.9 Å². The zero-order valence-electron chi connectivity index (χ0n) is 22.2. The molecule has 0 fully saturated rings. The third-order valence-corrected chi connectivity index (χ3v) is 7.99. The molecule has 0 atom stereocenters. The number of carbonyl (C=O) groups excluding carboxylic acids is 2. The van der Waals surface area contributed by atoms with Gasteiger partial charge < -0.3 is 19.7 Å². The minimum Gasteiger partial charge on any atom is -0.465 e. The average Bonchev–Trinajstić information content (AvgIpc) is 3.29. The van der Waals surface area contributed by atoms with Gasteiger partial charge in [0.25, 0.3) is 0 Å². The maximum Gasteiger partial charge on any atom is 0.404 e. The van der Waals surface area contributed by atoms with Crippen molar-refractivity contribution in [2.75, 3.05) is 19.6 Å². The summed E-state index contributed by atoms with van der Waals surface area (Å²) >= 11 is 0. The van der Waals surface area contributed by atoms with Crippen molar-refractivity contribution in [2.45, 2.75) is 31.7 Å². The third-order valence-electron chi connectivity index (χ3n) is 6.59. The highest BCUT2D eigenvalue weighted by Crippen LogP contribution is 2.30. The van der Waals surface area contributed by atoms with E-state index >= 15 is 0 Å². The van der Waals surface area contributed by atoms with Crippen molar-refractivity contribution in [1.29, 1.82) is 0 Å². The second-order valence-electron chi connectivity index (χ2n) is 10.1. The minimum absolute atomic E-state index is 0.0105. The van der Waals surface area contributed by atoms with Gasteiger partial charge in [-0.3, -0.25) is 9.59 Å². The number of hydrogen-bond donors (Lipinski definition) is 3. The monoisotopic (exact) mass is 565 g/mol. The van der Waals surface area contributed by atoms with Crippen LogP contribution in [0.15, 0.2) is 82.1 Å². The van der Waals surface area contributed by atoms with Crippen LogP contribution in [0.3, 0.4) is 0 Å². The number of carbonyl (C=O) groups is 3. The van der Waals surface area contributed by atoms with E-state index in [1.165, 1.54) is 17.0 Å². The number of furan rings is 1. The molecule has 10 nitrogen and oxygen atoms in total. The molecule has 0 unspecified atom stereocenters. The largest absolute Gasteiger partial charge is 0.465 e. The molecule has 3 aromatic carbocycles. The molecule has 0 bridgehead atoms. The first-order valence-electron chi connectivity index (χ1n) is 12.7. The Bertz CT molecular complexity index is 1650. The fourth-order valence-electron chi connectivity index (χ4n) is 4.42. The number of para-hydroxylation sites is 1. The lowest BCUT2D eigenvalue weighted by Gasteiger charge is -2.32. The van der Waals surface area contributed by atoms with Crippen molar-refractivity contribution in [1.82, 2.24) is 14.9 Å². The van der Waals surface area contributed by atoms with Gasteiger partial charge in [0.05, 0.1) is 18.0 Å². The van der Waals surface area contributed by atoms with Crippen LogP contribution in [-0.4, -0.2) is 55.8 Å². The summed E-state index contributed by atoms with van der Waals surface area (Å²) in [4.78, 5) is 38.6. The number of hydrogen-bond acceptors (Lipinski definition) is 6. The number of nitrogens with zero attached hydrogens (tertiary/aromatic N) is 1. The van der Waals surface area contributed by atoms with Gasteiger partial charge in [-0.05, 0) is 36.2 Å². The number of amides is 2. The SMILES string of the molecule is CC(C)(CCNC(=O)O)C(=O)N(CC(=O)CNS(=O)(=O)c1ccc2oc3ccccc3c2c1)Cc1ccccc1. The topological polar surface area (TPSA) is 146 Å². The molecule has 0 spiro atoms. The molecule has 0 radical (unpaired) electrons. The smallest absolute Gasteiger partial charge is 0.404 e. The summed E-state index contributed by atoms with van der Waals surface area (Å²) in [5.74, 6) is -0.848. The fraction of sp³-hybridized carbons (Fsp3) is 0.276. The van der Waals surface area contributed by atoms with Crippen LogP contribution in [0.4, 0.5) is 4.79 Å². The number of ketones is 1. The summed E-state index contributed by atoms with van der Waals surface area (Å²) in [5.41, 5.74) is 1.01. The maximum absolute atomic E-state index is 13.5. The second-order valence-corrected chi connectivity index (χ2v) is 11.9. The Morgan fingerprint density at radius 3 is 2.33 bits per heavy atom. The van der Waals surface area contributed by atoms with Gasteiger partial charge in [0.15, 0.2) is 5.78 Å². The summed E-state index contributed by atoms with van der Waals surface area (Å²) in [5, 5.41) is 12.5. The average molecular weight is 566 g/mol. The lowest BCUT2D eigenvalue weighted by atomic mass is 9.87. The van der Waals surface area contributed by atoms with Crippen LogP contribution in [0.25, 0.3) is 21.9 Å².